The molecule has 2 heterocycles. The van der Waals surface area contributed by atoms with Gasteiger partial charge in [-0.2, -0.15) is 0 Å². The topological polar surface area (TPSA) is 50.9 Å². The van der Waals surface area contributed by atoms with Gasteiger partial charge in [0.2, 0.25) is 0 Å². The number of aromatic hydroxyl groups is 1. The lowest BCUT2D eigenvalue weighted by molar-refractivity contribution is 0.476. The van der Waals surface area contributed by atoms with Crippen LogP contribution >= 0.6 is 0 Å². The lowest BCUT2D eigenvalue weighted by atomic mass is 10.0. The molecule has 140 valence electrons. The van der Waals surface area contributed by atoms with Gasteiger partial charge in [-0.05, 0) is 41.9 Å². The number of pyridine rings is 1. The Morgan fingerprint density at radius 3 is 2.59 bits per heavy atom. The Hall–Kier alpha value is -3.92. The van der Waals surface area contributed by atoms with Gasteiger partial charge in [0.15, 0.2) is 0 Å². The second-order valence-corrected chi connectivity index (χ2v) is 6.69. The Morgan fingerprint density at radius 1 is 0.897 bits per heavy atom. The molecule has 0 bridgehead atoms. The Morgan fingerprint density at radius 2 is 1.72 bits per heavy atom. The van der Waals surface area contributed by atoms with Gasteiger partial charge in [-0.3, -0.25) is 4.98 Å². The van der Waals surface area contributed by atoms with E-state index in [0.717, 1.165) is 27.9 Å². The highest BCUT2D eigenvalue weighted by molar-refractivity contribution is 5.95. The summed E-state index contributed by atoms with van der Waals surface area (Å²) in [7, 11) is 1.76. The van der Waals surface area contributed by atoms with E-state index in [-0.39, 0.29) is 17.4 Å². The fraction of sp³-hybridized carbons (Fsp3) is 0.0400. The minimum absolute atomic E-state index is 0.0205. The number of phenolic OH excluding ortho intramolecular Hbond substituents is 1. The summed E-state index contributed by atoms with van der Waals surface area (Å²) in [5, 5.41) is 10.6. The largest absolute Gasteiger partial charge is 0.507 e. The summed E-state index contributed by atoms with van der Waals surface area (Å²) < 4.78 is 33.8. The van der Waals surface area contributed by atoms with Crippen LogP contribution in [0.2, 0.25) is 0 Å². The first-order chi connectivity index (χ1) is 15.9. The standard InChI is InChI=1S/C25H19N3O/c1-28-22-13-7-11-19(24(22)27-25(28)20-10-2-3-14-23(20)29)17-8-6-9-18(16-17)21-12-4-5-15-26-21/h2-16,29H,1H3/i2D,3D,10D,14D. The van der Waals surface area contributed by atoms with Crippen molar-refractivity contribution >= 4 is 11.0 Å². The highest BCUT2D eigenvalue weighted by atomic mass is 16.3. The number of para-hydroxylation sites is 2. The van der Waals surface area contributed by atoms with E-state index < -0.39 is 23.9 Å². The third-order valence-electron chi connectivity index (χ3n) is 4.94. The fourth-order valence-corrected chi connectivity index (χ4v) is 3.52. The first-order valence-electron chi connectivity index (χ1n) is 11.2. The lowest BCUT2D eigenvalue weighted by Gasteiger charge is -2.06. The number of imidazole rings is 1. The molecule has 29 heavy (non-hydrogen) atoms. The Bertz CT molecular complexity index is 1500. The number of hydrogen-bond acceptors (Lipinski definition) is 3. The predicted octanol–water partition coefficient (Wildman–Crippen LogP) is 5.67. The molecule has 2 aromatic heterocycles. The summed E-state index contributed by atoms with van der Waals surface area (Å²) in [4.78, 5) is 9.16. The summed E-state index contributed by atoms with van der Waals surface area (Å²) in [6, 6.07) is 17.8. The maximum Gasteiger partial charge on any atom is 0.144 e. The fourth-order valence-electron chi connectivity index (χ4n) is 3.52. The van der Waals surface area contributed by atoms with Crippen LogP contribution in [0.1, 0.15) is 5.48 Å². The molecule has 0 saturated heterocycles. The van der Waals surface area contributed by atoms with Gasteiger partial charge in [-0.25, -0.2) is 4.98 Å². The number of nitrogens with zero attached hydrogens (tertiary/aromatic N) is 3. The van der Waals surface area contributed by atoms with Crippen molar-refractivity contribution in [3.8, 4) is 39.5 Å². The van der Waals surface area contributed by atoms with E-state index in [9.17, 15) is 5.11 Å². The number of aryl methyl sites for hydroxylation is 1. The maximum atomic E-state index is 10.6. The van der Waals surface area contributed by atoms with Crippen molar-refractivity contribution in [1.29, 1.82) is 0 Å². The molecule has 0 saturated carbocycles. The Labute approximate surface area is 174 Å². The molecule has 0 unspecified atom stereocenters. The molecule has 0 aliphatic heterocycles. The van der Waals surface area contributed by atoms with Gasteiger partial charge < -0.3 is 9.67 Å². The van der Waals surface area contributed by atoms with Gasteiger partial charge in [0.05, 0.1) is 27.8 Å². The molecule has 5 rings (SSSR count). The highest BCUT2D eigenvalue weighted by Gasteiger charge is 2.16. The molecule has 5 aromatic rings. The molecule has 4 nitrogen and oxygen atoms in total. The van der Waals surface area contributed by atoms with Crippen molar-refractivity contribution in [2.24, 2.45) is 7.05 Å². The number of aromatic nitrogens is 3. The van der Waals surface area contributed by atoms with E-state index in [4.69, 9.17) is 10.5 Å². The van der Waals surface area contributed by atoms with Crippen LogP contribution < -0.4 is 0 Å². The second-order valence-electron chi connectivity index (χ2n) is 6.69. The number of hydrogen-bond donors (Lipinski definition) is 1. The van der Waals surface area contributed by atoms with Crippen molar-refractivity contribution < 1.29 is 10.6 Å². The van der Waals surface area contributed by atoms with E-state index >= 15 is 0 Å². The molecule has 0 aliphatic rings. The maximum absolute atomic E-state index is 10.6. The van der Waals surface area contributed by atoms with Gasteiger partial charge in [0.25, 0.3) is 0 Å². The molecule has 0 radical (unpaired) electrons. The van der Waals surface area contributed by atoms with Crippen molar-refractivity contribution in [3.05, 3.63) is 91.0 Å². The second kappa shape index (κ2) is 6.91. The molecule has 0 spiro atoms. The third kappa shape index (κ3) is 2.95. The van der Waals surface area contributed by atoms with Crippen LogP contribution in [0.15, 0.2) is 91.0 Å². The quantitative estimate of drug-likeness (QED) is 0.438. The van der Waals surface area contributed by atoms with Crippen LogP contribution in [-0.4, -0.2) is 19.6 Å². The van der Waals surface area contributed by atoms with Gasteiger partial charge in [-0.1, -0.05) is 48.5 Å². The molecule has 0 aliphatic carbocycles. The normalized spacial score (nSPS) is 13.0. The molecule has 0 amide bonds. The number of phenols is 1. The molecule has 4 heteroatoms. The molecular formula is C25H19N3O. The monoisotopic (exact) mass is 381 g/mol. The number of benzene rings is 3. The molecular weight excluding hydrogens is 358 g/mol. The molecule has 0 fully saturated rings. The zero-order valence-corrected chi connectivity index (χ0v) is 15.6. The van der Waals surface area contributed by atoms with Crippen molar-refractivity contribution in [2.45, 2.75) is 0 Å². The van der Waals surface area contributed by atoms with Crippen LogP contribution in [0.4, 0.5) is 0 Å². The Balaban J connectivity index is 1.73. The summed E-state index contributed by atoms with van der Waals surface area (Å²) in [6.45, 7) is 0. The molecule has 1 N–H and O–H groups in total. The van der Waals surface area contributed by atoms with Crippen LogP contribution in [0.5, 0.6) is 5.75 Å². The lowest BCUT2D eigenvalue weighted by Crippen LogP contribution is -1.92. The average molecular weight is 381 g/mol. The van der Waals surface area contributed by atoms with Gasteiger partial charge in [-0.15, -0.1) is 0 Å². The SMILES string of the molecule is [2H]c1c([2H])c([2H])c(-c2nc3c(-c4cccc(-c5ccccn5)c4)cccc3n2C)c(O)c1[2H]. The van der Waals surface area contributed by atoms with Gasteiger partial charge >= 0.3 is 0 Å². The van der Waals surface area contributed by atoms with E-state index in [0.29, 0.717) is 5.52 Å². The van der Waals surface area contributed by atoms with Crippen LogP contribution in [0, 0.1) is 0 Å². The van der Waals surface area contributed by atoms with Crippen LogP contribution in [-0.2, 0) is 7.05 Å². The zero-order chi connectivity index (χ0) is 23.3. The van der Waals surface area contributed by atoms with E-state index in [2.05, 4.69) is 4.98 Å². The van der Waals surface area contributed by atoms with Crippen molar-refractivity contribution in [1.82, 2.24) is 14.5 Å². The first kappa shape index (κ1) is 13.3. The van der Waals surface area contributed by atoms with E-state index in [1.165, 1.54) is 0 Å². The summed E-state index contributed by atoms with van der Waals surface area (Å²) in [6.07, 6.45) is 1.75. The van der Waals surface area contributed by atoms with E-state index in [1.54, 1.807) is 17.8 Å². The number of rotatable bonds is 3. The van der Waals surface area contributed by atoms with Crippen molar-refractivity contribution in [3.63, 3.8) is 0 Å². The van der Waals surface area contributed by atoms with Crippen LogP contribution in [0.3, 0.4) is 0 Å². The smallest absolute Gasteiger partial charge is 0.144 e. The molecule has 0 atom stereocenters. The average Bonchev–Trinajstić information content (AvgIpc) is 3.18. The minimum atomic E-state index is -0.516. The summed E-state index contributed by atoms with van der Waals surface area (Å²) in [5.74, 6) is -0.249. The minimum Gasteiger partial charge on any atom is -0.507 e. The van der Waals surface area contributed by atoms with Crippen molar-refractivity contribution in [2.75, 3.05) is 0 Å². The predicted molar refractivity (Wildman–Crippen MR) is 116 cm³/mol. The third-order valence-corrected chi connectivity index (χ3v) is 4.94. The number of fused-ring (bicyclic) bond motifs is 1. The first-order valence-corrected chi connectivity index (χ1v) is 9.15. The highest BCUT2D eigenvalue weighted by Crippen LogP contribution is 2.35. The van der Waals surface area contributed by atoms with Gasteiger partial charge in [0.1, 0.15) is 11.6 Å². The molecule has 3 aromatic carbocycles. The van der Waals surface area contributed by atoms with Crippen LogP contribution in [0.25, 0.3) is 44.8 Å². The van der Waals surface area contributed by atoms with Gasteiger partial charge in [0, 0.05) is 24.4 Å². The zero-order valence-electron chi connectivity index (χ0n) is 19.6. The van der Waals surface area contributed by atoms with E-state index in [1.807, 2.05) is 60.7 Å². The summed E-state index contributed by atoms with van der Waals surface area (Å²) in [5.41, 5.74) is 5.06. The summed E-state index contributed by atoms with van der Waals surface area (Å²) >= 11 is 0. The Kier molecular flexibility index (Phi) is 3.17.